The standard InChI is InChI=1S/C9H17N3O6S/c1-19(17,18)12-4-2-11(3-5-12)9(16)10-6-7(13)8(14)15/h7,13H,2-6H2,1H3,(H,10,16)(H,14,15). The molecule has 0 saturated carbocycles. The minimum Gasteiger partial charge on any atom is -0.479 e. The second kappa shape index (κ2) is 6.17. The number of nitrogens with one attached hydrogen (secondary N) is 1. The summed E-state index contributed by atoms with van der Waals surface area (Å²) in [6.45, 7) is 0.464. The number of carboxylic acid groups (broad SMARTS) is 1. The van der Waals surface area contributed by atoms with Gasteiger partial charge in [-0.2, -0.15) is 4.31 Å². The van der Waals surface area contributed by atoms with E-state index < -0.39 is 28.1 Å². The van der Waals surface area contributed by atoms with Crippen LogP contribution in [0.15, 0.2) is 0 Å². The number of aliphatic hydroxyl groups excluding tert-OH is 1. The van der Waals surface area contributed by atoms with Gasteiger partial charge in [-0.25, -0.2) is 18.0 Å². The van der Waals surface area contributed by atoms with Crippen LogP contribution >= 0.6 is 0 Å². The third-order valence-electron chi connectivity index (χ3n) is 2.73. The first-order valence-electron chi connectivity index (χ1n) is 5.60. The highest BCUT2D eigenvalue weighted by atomic mass is 32.2. The number of aliphatic carboxylic acids is 1. The summed E-state index contributed by atoms with van der Waals surface area (Å²) in [4.78, 5) is 23.3. The Morgan fingerprint density at radius 2 is 1.79 bits per heavy atom. The number of carbonyl (C=O) groups is 2. The molecule has 0 aromatic rings. The second-order valence-corrected chi connectivity index (χ2v) is 6.17. The summed E-state index contributed by atoms with van der Waals surface area (Å²) in [5, 5.41) is 19.7. The summed E-state index contributed by atoms with van der Waals surface area (Å²) in [5.74, 6) is -1.41. The lowest BCUT2D eigenvalue weighted by atomic mass is 10.3. The quantitative estimate of drug-likeness (QED) is 0.536. The summed E-state index contributed by atoms with van der Waals surface area (Å²) in [6.07, 6.45) is -0.548. The molecule has 2 amide bonds. The number of hydrogen-bond donors (Lipinski definition) is 3. The highest BCUT2D eigenvalue weighted by Gasteiger charge is 2.26. The Bertz CT molecular complexity index is 443. The molecule has 9 nitrogen and oxygen atoms in total. The fourth-order valence-electron chi connectivity index (χ4n) is 1.61. The Labute approximate surface area is 110 Å². The smallest absolute Gasteiger partial charge is 0.334 e. The van der Waals surface area contributed by atoms with Crippen LogP contribution in [-0.2, 0) is 14.8 Å². The van der Waals surface area contributed by atoms with Crippen molar-refractivity contribution in [3.63, 3.8) is 0 Å². The predicted molar refractivity (Wildman–Crippen MR) is 65.0 cm³/mol. The van der Waals surface area contributed by atoms with Gasteiger partial charge < -0.3 is 20.4 Å². The molecule has 0 aliphatic carbocycles. The van der Waals surface area contributed by atoms with E-state index in [1.807, 2.05) is 0 Å². The van der Waals surface area contributed by atoms with Crippen LogP contribution in [0.1, 0.15) is 0 Å². The van der Waals surface area contributed by atoms with Crippen molar-refractivity contribution in [1.29, 1.82) is 0 Å². The zero-order valence-electron chi connectivity index (χ0n) is 10.4. The van der Waals surface area contributed by atoms with Crippen LogP contribution < -0.4 is 5.32 Å². The SMILES string of the molecule is CS(=O)(=O)N1CCN(C(=O)NCC(O)C(=O)O)CC1. The molecular formula is C9H17N3O6S. The minimum atomic E-state index is -3.25. The lowest BCUT2D eigenvalue weighted by Gasteiger charge is -2.33. The number of nitrogens with zero attached hydrogens (tertiary/aromatic N) is 2. The first-order chi connectivity index (χ1) is 8.71. The molecule has 1 rings (SSSR count). The highest BCUT2D eigenvalue weighted by Crippen LogP contribution is 2.05. The Hall–Kier alpha value is -1.39. The van der Waals surface area contributed by atoms with Crippen molar-refractivity contribution in [3.05, 3.63) is 0 Å². The normalized spacial score (nSPS) is 18.9. The van der Waals surface area contributed by atoms with Crippen molar-refractivity contribution in [3.8, 4) is 0 Å². The molecule has 0 radical (unpaired) electrons. The molecule has 1 unspecified atom stereocenters. The topological polar surface area (TPSA) is 127 Å². The van der Waals surface area contributed by atoms with Gasteiger partial charge in [0.05, 0.1) is 12.8 Å². The van der Waals surface area contributed by atoms with Crippen molar-refractivity contribution in [2.24, 2.45) is 0 Å². The number of aliphatic hydroxyl groups is 1. The van der Waals surface area contributed by atoms with Crippen molar-refractivity contribution >= 4 is 22.0 Å². The maximum atomic E-state index is 11.6. The van der Waals surface area contributed by atoms with E-state index in [1.54, 1.807) is 0 Å². The van der Waals surface area contributed by atoms with Gasteiger partial charge in [0, 0.05) is 26.2 Å². The molecule has 3 N–H and O–H groups in total. The number of urea groups is 1. The lowest BCUT2D eigenvalue weighted by molar-refractivity contribution is -0.146. The van der Waals surface area contributed by atoms with Crippen LogP contribution in [0.2, 0.25) is 0 Å². The number of carboxylic acids is 1. The van der Waals surface area contributed by atoms with E-state index in [-0.39, 0.29) is 32.7 Å². The molecule has 1 saturated heterocycles. The van der Waals surface area contributed by atoms with Gasteiger partial charge >= 0.3 is 12.0 Å². The number of hydrogen-bond acceptors (Lipinski definition) is 5. The fraction of sp³-hybridized carbons (Fsp3) is 0.778. The lowest BCUT2D eigenvalue weighted by Crippen LogP contribution is -2.53. The van der Waals surface area contributed by atoms with E-state index in [0.29, 0.717) is 0 Å². The molecule has 1 fully saturated rings. The molecule has 1 atom stereocenters. The Morgan fingerprint density at radius 1 is 1.26 bits per heavy atom. The van der Waals surface area contributed by atoms with E-state index in [0.717, 1.165) is 6.26 Å². The molecule has 0 spiro atoms. The fourth-order valence-corrected chi connectivity index (χ4v) is 2.43. The number of carbonyl (C=O) groups excluding carboxylic acids is 1. The number of sulfonamides is 1. The van der Waals surface area contributed by atoms with Gasteiger partial charge in [0.2, 0.25) is 10.0 Å². The Balaban J connectivity index is 2.39. The zero-order chi connectivity index (χ0) is 14.6. The monoisotopic (exact) mass is 295 g/mol. The summed E-state index contributed by atoms with van der Waals surface area (Å²) in [7, 11) is -3.25. The molecule has 0 aromatic carbocycles. The maximum Gasteiger partial charge on any atom is 0.334 e. The molecule has 1 heterocycles. The molecule has 10 heteroatoms. The maximum absolute atomic E-state index is 11.6. The highest BCUT2D eigenvalue weighted by molar-refractivity contribution is 7.88. The van der Waals surface area contributed by atoms with E-state index in [1.165, 1.54) is 9.21 Å². The van der Waals surface area contributed by atoms with Gasteiger partial charge in [-0.3, -0.25) is 0 Å². The van der Waals surface area contributed by atoms with Gasteiger partial charge in [0.1, 0.15) is 0 Å². The number of amides is 2. The summed E-state index contributed by atoms with van der Waals surface area (Å²) >= 11 is 0. The van der Waals surface area contributed by atoms with Crippen LogP contribution in [0.25, 0.3) is 0 Å². The third-order valence-corrected chi connectivity index (χ3v) is 4.03. The molecule has 0 bridgehead atoms. The second-order valence-electron chi connectivity index (χ2n) is 4.19. The van der Waals surface area contributed by atoms with E-state index in [9.17, 15) is 18.0 Å². The van der Waals surface area contributed by atoms with E-state index in [2.05, 4.69) is 5.32 Å². The van der Waals surface area contributed by atoms with Crippen molar-refractivity contribution in [2.75, 3.05) is 39.0 Å². The summed E-state index contributed by atoms with van der Waals surface area (Å²) in [6, 6.07) is -0.520. The molecule has 110 valence electrons. The average Bonchev–Trinajstić information content (AvgIpc) is 2.34. The van der Waals surface area contributed by atoms with Gasteiger partial charge in [0.25, 0.3) is 0 Å². The first kappa shape index (κ1) is 15.7. The zero-order valence-corrected chi connectivity index (χ0v) is 11.3. The van der Waals surface area contributed by atoms with E-state index >= 15 is 0 Å². The molecular weight excluding hydrogens is 278 g/mol. The number of piperazine rings is 1. The molecule has 1 aliphatic heterocycles. The van der Waals surface area contributed by atoms with E-state index in [4.69, 9.17) is 10.2 Å². The third kappa shape index (κ3) is 4.65. The van der Waals surface area contributed by atoms with Gasteiger partial charge in [-0.15, -0.1) is 0 Å². The van der Waals surface area contributed by atoms with Crippen molar-refractivity contribution in [1.82, 2.24) is 14.5 Å². The van der Waals surface area contributed by atoms with Gasteiger partial charge in [0.15, 0.2) is 6.10 Å². The summed E-state index contributed by atoms with van der Waals surface area (Å²) < 4.78 is 23.8. The van der Waals surface area contributed by atoms with Crippen molar-refractivity contribution in [2.45, 2.75) is 6.10 Å². The molecule has 0 aromatic heterocycles. The van der Waals surface area contributed by atoms with Gasteiger partial charge in [-0.1, -0.05) is 0 Å². The van der Waals surface area contributed by atoms with Crippen LogP contribution in [0.5, 0.6) is 0 Å². The molecule has 19 heavy (non-hydrogen) atoms. The van der Waals surface area contributed by atoms with Crippen LogP contribution in [0, 0.1) is 0 Å². The number of rotatable bonds is 4. The minimum absolute atomic E-state index is 0.202. The van der Waals surface area contributed by atoms with Crippen LogP contribution in [0.4, 0.5) is 4.79 Å². The van der Waals surface area contributed by atoms with Gasteiger partial charge in [-0.05, 0) is 0 Å². The average molecular weight is 295 g/mol. The largest absolute Gasteiger partial charge is 0.479 e. The predicted octanol–water partition coefficient (Wildman–Crippen LogP) is -2.28. The van der Waals surface area contributed by atoms with Crippen LogP contribution in [0.3, 0.4) is 0 Å². The molecule has 1 aliphatic rings. The van der Waals surface area contributed by atoms with Crippen LogP contribution in [-0.4, -0.2) is 84.9 Å². The first-order valence-corrected chi connectivity index (χ1v) is 7.45. The Morgan fingerprint density at radius 3 is 2.21 bits per heavy atom. The summed E-state index contributed by atoms with van der Waals surface area (Å²) in [5.41, 5.74) is 0. The Kier molecular flexibility index (Phi) is 5.09. The van der Waals surface area contributed by atoms with Crippen molar-refractivity contribution < 1.29 is 28.2 Å².